The SMILES string of the molecule is O=C(CBr)C1COc2c(cc(Cl)c(Cl)c2Cl)O1. The molecule has 17 heavy (non-hydrogen) atoms. The zero-order valence-electron chi connectivity index (χ0n) is 8.31. The fraction of sp³-hybridized carbons (Fsp3) is 0.300. The van der Waals surface area contributed by atoms with Gasteiger partial charge in [0.15, 0.2) is 23.4 Å². The van der Waals surface area contributed by atoms with Gasteiger partial charge in [0.05, 0.1) is 15.4 Å². The van der Waals surface area contributed by atoms with Gasteiger partial charge in [-0.15, -0.1) is 0 Å². The van der Waals surface area contributed by atoms with Crippen molar-refractivity contribution < 1.29 is 14.3 Å². The van der Waals surface area contributed by atoms with E-state index in [9.17, 15) is 4.79 Å². The first-order valence-electron chi connectivity index (χ1n) is 4.60. The molecule has 7 heteroatoms. The van der Waals surface area contributed by atoms with E-state index in [0.29, 0.717) is 11.5 Å². The summed E-state index contributed by atoms with van der Waals surface area (Å²) in [5, 5.41) is 0.858. The Morgan fingerprint density at radius 1 is 1.41 bits per heavy atom. The number of carbonyl (C=O) groups excluding carboxylic acids is 1. The number of rotatable bonds is 2. The minimum Gasteiger partial charge on any atom is -0.484 e. The molecule has 0 fully saturated rings. The number of benzene rings is 1. The normalized spacial score (nSPS) is 18.0. The first-order valence-corrected chi connectivity index (χ1v) is 6.85. The van der Waals surface area contributed by atoms with Gasteiger partial charge in [0.2, 0.25) is 0 Å². The monoisotopic (exact) mass is 358 g/mol. The summed E-state index contributed by atoms with van der Waals surface area (Å²) in [5.41, 5.74) is 0. The van der Waals surface area contributed by atoms with Gasteiger partial charge in [-0.3, -0.25) is 4.79 Å². The van der Waals surface area contributed by atoms with Gasteiger partial charge in [-0.25, -0.2) is 0 Å². The predicted molar refractivity (Wildman–Crippen MR) is 70.2 cm³/mol. The van der Waals surface area contributed by atoms with Gasteiger partial charge in [0.25, 0.3) is 0 Å². The maximum absolute atomic E-state index is 11.5. The number of alkyl halides is 1. The highest BCUT2D eigenvalue weighted by atomic mass is 79.9. The lowest BCUT2D eigenvalue weighted by atomic mass is 10.2. The number of hydrogen-bond donors (Lipinski definition) is 0. The molecule has 0 aliphatic carbocycles. The van der Waals surface area contributed by atoms with Crippen molar-refractivity contribution >= 4 is 56.5 Å². The maximum Gasteiger partial charge on any atom is 0.191 e. The summed E-state index contributed by atoms with van der Waals surface area (Å²) < 4.78 is 10.9. The Balaban J connectivity index is 2.36. The molecule has 0 N–H and O–H groups in total. The van der Waals surface area contributed by atoms with Crippen LogP contribution in [0.5, 0.6) is 11.5 Å². The van der Waals surface area contributed by atoms with Crippen molar-refractivity contribution in [1.82, 2.24) is 0 Å². The van der Waals surface area contributed by atoms with Gasteiger partial charge in [-0.2, -0.15) is 0 Å². The lowest BCUT2D eigenvalue weighted by Crippen LogP contribution is -2.37. The Morgan fingerprint density at radius 3 is 2.76 bits per heavy atom. The molecule has 0 bridgehead atoms. The third-order valence-electron chi connectivity index (χ3n) is 2.22. The van der Waals surface area contributed by atoms with Crippen LogP contribution in [0.25, 0.3) is 0 Å². The number of halogens is 4. The van der Waals surface area contributed by atoms with E-state index in [4.69, 9.17) is 44.3 Å². The largest absolute Gasteiger partial charge is 0.484 e. The molecule has 1 aliphatic heterocycles. The average Bonchev–Trinajstić information content (AvgIpc) is 2.34. The van der Waals surface area contributed by atoms with Gasteiger partial charge in [-0.1, -0.05) is 50.7 Å². The smallest absolute Gasteiger partial charge is 0.191 e. The molecule has 92 valence electrons. The number of ketones is 1. The third-order valence-corrected chi connectivity index (χ3v) is 4.02. The molecule has 1 aromatic carbocycles. The van der Waals surface area contributed by atoms with Gasteiger partial charge in [-0.05, 0) is 0 Å². The molecule has 0 amide bonds. The molecule has 1 heterocycles. The molecule has 0 radical (unpaired) electrons. The van der Waals surface area contributed by atoms with Crippen molar-refractivity contribution in [2.45, 2.75) is 6.10 Å². The van der Waals surface area contributed by atoms with Crippen molar-refractivity contribution in [3.05, 3.63) is 21.1 Å². The van der Waals surface area contributed by atoms with Crippen molar-refractivity contribution in [3.8, 4) is 11.5 Å². The van der Waals surface area contributed by atoms with E-state index >= 15 is 0 Å². The van der Waals surface area contributed by atoms with E-state index in [0.717, 1.165) is 0 Å². The highest BCUT2D eigenvalue weighted by Gasteiger charge is 2.29. The van der Waals surface area contributed by atoms with Crippen molar-refractivity contribution in [2.75, 3.05) is 11.9 Å². The Hall–Kier alpha value is -0.160. The van der Waals surface area contributed by atoms with Crippen LogP contribution in [0.2, 0.25) is 15.1 Å². The van der Waals surface area contributed by atoms with Crippen LogP contribution in [-0.4, -0.2) is 23.8 Å². The summed E-state index contributed by atoms with van der Waals surface area (Å²) in [7, 11) is 0. The molecule has 1 aromatic rings. The lowest BCUT2D eigenvalue weighted by molar-refractivity contribution is -0.125. The minimum atomic E-state index is -0.657. The van der Waals surface area contributed by atoms with Crippen LogP contribution in [0, 0.1) is 0 Å². The fourth-order valence-electron chi connectivity index (χ4n) is 1.37. The van der Waals surface area contributed by atoms with E-state index in [-0.39, 0.29) is 32.8 Å². The first-order chi connectivity index (χ1) is 8.04. The van der Waals surface area contributed by atoms with Crippen molar-refractivity contribution in [1.29, 1.82) is 0 Å². The molecular formula is C10H6BrCl3O3. The average molecular weight is 360 g/mol. The highest BCUT2D eigenvalue weighted by molar-refractivity contribution is 9.09. The fourth-order valence-corrected chi connectivity index (χ4v) is 2.36. The van der Waals surface area contributed by atoms with Crippen LogP contribution in [0.15, 0.2) is 6.07 Å². The van der Waals surface area contributed by atoms with E-state index in [1.807, 2.05) is 0 Å². The molecule has 0 saturated heterocycles. The van der Waals surface area contributed by atoms with Crippen LogP contribution in [-0.2, 0) is 4.79 Å². The molecule has 0 aromatic heterocycles. The number of fused-ring (bicyclic) bond motifs is 1. The highest BCUT2D eigenvalue weighted by Crippen LogP contribution is 2.46. The van der Waals surface area contributed by atoms with Crippen LogP contribution >= 0.6 is 50.7 Å². The van der Waals surface area contributed by atoms with E-state index < -0.39 is 6.10 Å². The van der Waals surface area contributed by atoms with E-state index in [1.165, 1.54) is 6.07 Å². The first kappa shape index (κ1) is 13.3. The molecule has 1 atom stereocenters. The summed E-state index contributed by atoms with van der Waals surface area (Å²) in [6.07, 6.45) is -0.657. The molecule has 3 nitrogen and oxygen atoms in total. The topological polar surface area (TPSA) is 35.5 Å². The number of Topliss-reactive ketones (excluding diaryl/α,β-unsaturated/α-hetero) is 1. The predicted octanol–water partition coefficient (Wildman–Crippen LogP) is 3.75. The minimum absolute atomic E-state index is 0.106. The summed E-state index contributed by atoms with van der Waals surface area (Å²) in [6.45, 7) is 0.106. The quantitative estimate of drug-likeness (QED) is 0.595. The van der Waals surface area contributed by atoms with Crippen LogP contribution in [0.1, 0.15) is 0 Å². The second-order valence-electron chi connectivity index (χ2n) is 3.33. The molecule has 2 rings (SSSR count). The van der Waals surface area contributed by atoms with E-state index in [1.54, 1.807) is 0 Å². The Labute approximate surface area is 121 Å². The standard InChI is InChI=1S/C10H6BrCl3O3/c11-2-5(15)7-3-16-10-6(17-7)1-4(12)8(13)9(10)14/h1,7H,2-3H2. The third kappa shape index (κ3) is 2.50. The van der Waals surface area contributed by atoms with E-state index in [2.05, 4.69) is 15.9 Å². The summed E-state index contributed by atoms with van der Waals surface area (Å²) in [5.74, 6) is 0.535. The Morgan fingerprint density at radius 2 is 2.12 bits per heavy atom. The Kier molecular flexibility index (Phi) is 4.08. The summed E-state index contributed by atoms with van der Waals surface area (Å²) in [6, 6.07) is 1.48. The summed E-state index contributed by atoms with van der Waals surface area (Å²) in [4.78, 5) is 11.5. The van der Waals surface area contributed by atoms with Gasteiger partial charge in [0, 0.05) is 6.07 Å². The molecule has 1 unspecified atom stereocenters. The van der Waals surface area contributed by atoms with Gasteiger partial charge in [0.1, 0.15) is 11.6 Å². The zero-order valence-corrected chi connectivity index (χ0v) is 12.2. The number of hydrogen-bond acceptors (Lipinski definition) is 3. The molecule has 0 spiro atoms. The molecule has 1 aliphatic rings. The van der Waals surface area contributed by atoms with Crippen molar-refractivity contribution in [2.24, 2.45) is 0 Å². The second kappa shape index (κ2) is 5.22. The second-order valence-corrected chi connectivity index (χ2v) is 5.05. The van der Waals surface area contributed by atoms with Crippen LogP contribution in [0.3, 0.4) is 0 Å². The number of ether oxygens (including phenoxy) is 2. The van der Waals surface area contributed by atoms with Gasteiger partial charge < -0.3 is 9.47 Å². The van der Waals surface area contributed by atoms with Crippen LogP contribution in [0.4, 0.5) is 0 Å². The summed E-state index contributed by atoms with van der Waals surface area (Å²) >= 11 is 20.8. The van der Waals surface area contributed by atoms with Gasteiger partial charge >= 0.3 is 0 Å². The maximum atomic E-state index is 11.5. The number of carbonyl (C=O) groups is 1. The lowest BCUT2D eigenvalue weighted by Gasteiger charge is -2.26. The zero-order chi connectivity index (χ0) is 12.6. The van der Waals surface area contributed by atoms with Crippen LogP contribution < -0.4 is 9.47 Å². The Bertz CT molecular complexity index is 478. The van der Waals surface area contributed by atoms with Crippen molar-refractivity contribution in [3.63, 3.8) is 0 Å². The molecule has 0 saturated carbocycles. The molecular weight excluding hydrogens is 354 g/mol.